The number of aliphatic hydroxyl groups excluding tert-OH is 2. The van der Waals surface area contributed by atoms with Crippen LogP contribution in [0.15, 0.2) is 47.5 Å². The number of unbranched alkanes of at least 4 members (excludes halogenated alkanes) is 1. The molecule has 1 heterocycles. The van der Waals surface area contributed by atoms with Crippen molar-refractivity contribution in [1.29, 1.82) is 0 Å². The van der Waals surface area contributed by atoms with E-state index in [0.717, 1.165) is 5.56 Å². The van der Waals surface area contributed by atoms with Crippen LogP contribution in [0.1, 0.15) is 48.5 Å². The van der Waals surface area contributed by atoms with Gasteiger partial charge in [0.1, 0.15) is 6.04 Å². The summed E-state index contributed by atoms with van der Waals surface area (Å²) in [5.74, 6) is -0.249. The molecule has 2 atom stereocenters. The van der Waals surface area contributed by atoms with Gasteiger partial charge in [-0.05, 0) is 36.5 Å². The summed E-state index contributed by atoms with van der Waals surface area (Å²) in [5, 5.41) is 17.7. The van der Waals surface area contributed by atoms with Gasteiger partial charge in [-0.25, -0.2) is 0 Å². The number of amides is 1. The Morgan fingerprint density at radius 2 is 1.68 bits per heavy atom. The van der Waals surface area contributed by atoms with Gasteiger partial charge in [0.05, 0.1) is 34.5 Å². The van der Waals surface area contributed by atoms with E-state index in [1.165, 1.54) is 33.5 Å². The van der Waals surface area contributed by atoms with Gasteiger partial charge in [0.15, 0.2) is 11.5 Å². The molecule has 3 rings (SSSR count). The molecule has 0 radical (unpaired) electrons. The minimum absolute atomic E-state index is 0.00457. The second kappa shape index (κ2) is 17.0. The van der Waals surface area contributed by atoms with E-state index in [4.69, 9.17) is 19.3 Å². The van der Waals surface area contributed by atoms with Crippen molar-refractivity contribution in [1.82, 2.24) is 4.90 Å². The number of Topliss-reactive ketones (excluding diaryl/α,β-unsaturated/α-hetero) is 2. The molecule has 2 unspecified atom stereocenters. The quantitative estimate of drug-likeness (QED) is 0.206. The predicted octanol–water partition coefficient (Wildman–Crippen LogP) is 3.11. The third-order valence-electron chi connectivity index (χ3n) is 6.36. The van der Waals surface area contributed by atoms with Gasteiger partial charge in [-0.15, -0.1) is 0 Å². The predicted molar refractivity (Wildman–Crippen MR) is 151 cm³/mol. The summed E-state index contributed by atoms with van der Waals surface area (Å²) in [5.41, 5.74) is 1.14. The van der Waals surface area contributed by atoms with E-state index in [1.807, 2.05) is 37.3 Å². The number of carbonyl (C=O) groups excluding carboxylic acids is 3. The number of methoxy groups -OCH3 is 3. The molecule has 0 saturated heterocycles. The van der Waals surface area contributed by atoms with Gasteiger partial charge in [-0.1, -0.05) is 43.7 Å². The van der Waals surface area contributed by atoms with Crippen molar-refractivity contribution in [2.45, 2.75) is 45.3 Å². The highest BCUT2D eigenvalue weighted by molar-refractivity contribution is 6.43. The molecule has 1 aliphatic rings. The summed E-state index contributed by atoms with van der Waals surface area (Å²) < 4.78 is 15.7. The van der Waals surface area contributed by atoms with Gasteiger partial charge in [0.25, 0.3) is 0 Å². The third kappa shape index (κ3) is 9.46. The highest BCUT2D eigenvalue weighted by atomic mass is 16.5. The Bertz CT molecular complexity index is 1110. The summed E-state index contributed by atoms with van der Waals surface area (Å²) in [6.07, 6.45) is 3.36. The maximum absolute atomic E-state index is 12.6. The molecule has 2 aromatic carbocycles. The fourth-order valence-corrected chi connectivity index (χ4v) is 4.13. The summed E-state index contributed by atoms with van der Waals surface area (Å²) in [4.78, 5) is 43.5. The molecule has 218 valence electrons. The number of aliphatic hydroxyl groups is 2. The molecule has 0 spiro atoms. The van der Waals surface area contributed by atoms with Crippen molar-refractivity contribution in [2.75, 3.05) is 41.0 Å². The first kappa shape index (κ1) is 32.5. The van der Waals surface area contributed by atoms with Crippen LogP contribution >= 0.6 is 0 Å². The van der Waals surface area contributed by atoms with Gasteiger partial charge in [0.2, 0.25) is 23.2 Å². The lowest BCUT2D eigenvalue weighted by atomic mass is 10.00. The van der Waals surface area contributed by atoms with Crippen molar-refractivity contribution >= 4 is 23.7 Å². The first-order chi connectivity index (χ1) is 19.3. The molecule has 1 amide bonds. The summed E-state index contributed by atoms with van der Waals surface area (Å²) in [7, 11) is 4.34. The lowest BCUT2D eigenvalue weighted by molar-refractivity contribution is -0.133. The molecule has 10 heteroatoms. The van der Waals surface area contributed by atoms with Crippen LogP contribution in [0.5, 0.6) is 17.2 Å². The Kier molecular flexibility index (Phi) is 13.8. The van der Waals surface area contributed by atoms with Crippen molar-refractivity contribution in [2.24, 2.45) is 10.9 Å². The van der Waals surface area contributed by atoms with E-state index in [2.05, 4.69) is 4.99 Å². The topological polar surface area (TPSA) is 135 Å². The summed E-state index contributed by atoms with van der Waals surface area (Å²) >= 11 is 0. The Morgan fingerprint density at radius 3 is 2.20 bits per heavy atom. The molecular formula is C30H40N2O8. The van der Waals surface area contributed by atoms with Crippen molar-refractivity contribution in [3.8, 4) is 17.2 Å². The van der Waals surface area contributed by atoms with Crippen LogP contribution in [-0.4, -0.2) is 85.9 Å². The van der Waals surface area contributed by atoms with Crippen LogP contribution in [0, 0.1) is 5.92 Å². The minimum atomic E-state index is -0.625. The number of hydrogen-bond donors (Lipinski definition) is 2. The lowest BCUT2D eigenvalue weighted by Crippen LogP contribution is -2.45. The number of rotatable bonds is 14. The molecule has 1 aliphatic heterocycles. The normalized spacial score (nSPS) is 15.1. The van der Waals surface area contributed by atoms with Gasteiger partial charge in [-0.2, -0.15) is 0 Å². The van der Waals surface area contributed by atoms with Gasteiger partial charge in [0, 0.05) is 31.4 Å². The maximum Gasteiger partial charge on any atom is 0.247 e. The Hall–Kier alpha value is -3.76. The second-order valence-corrected chi connectivity index (χ2v) is 9.43. The molecule has 0 bridgehead atoms. The first-order valence-electron chi connectivity index (χ1n) is 13.2. The maximum atomic E-state index is 12.6. The number of ketones is 2. The Morgan fingerprint density at radius 1 is 1.02 bits per heavy atom. The zero-order chi connectivity index (χ0) is 29.5. The van der Waals surface area contributed by atoms with E-state index in [1.54, 1.807) is 11.1 Å². The van der Waals surface area contributed by atoms with E-state index in [9.17, 15) is 19.5 Å². The van der Waals surface area contributed by atoms with Crippen LogP contribution in [0.3, 0.4) is 0 Å². The number of nitrogens with zero attached hydrogens (tertiary/aromatic N) is 2. The second-order valence-electron chi connectivity index (χ2n) is 9.43. The fraction of sp³-hybridized carbons (Fsp3) is 0.467. The smallest absolute Gasteiger partial charge is 0.247 e. The van der Waals surface area contributed by atoms with Crippen LogP contribution in [-0.2, 0) is 16.2 Å². The van der Waals surface area contributed by atoms with Crippen LogP contribution in [0.2, 0.25) is 0 Å². The largest absolute Gasteiger partial charge is 0.493 e. The molecule has 40 heavy (non-hydrogen) atoms. The van der Waals surface area contributed by atoms with E-state index < -0.39 is 17.6 Å². The highest BCUT2D eigenvalue weighted by Crippen LogP contribution is 2.38. The van der Waals surface area contributed by atoms with E-state index in [0.29, 0.717) is 49.6 Å². The van der Waals surface area contributed by atoms with E-state index in [-0.39, 0.29) is 37.0 Å². The molecule has 2 N–H and O–H groups in total. The molecule has 0 fully saturated rings. The van der Waals surface area contributed by atoms with Crippen molar-refractivity contribution in [3.63, 3.8) is 0 Å². The van der Waals surface area contributed by atoms with Crippen LogP contribution < -0.4 is 14.2 Å². The average Bonchev–Trinajstić information content (AvgIpc) is 3.00. The first-order valence-corrected chi connectivity index (χ1v) is 13.2. The number of aliphatic imine (C=N–C) groups is 1. The number of ether oxygens (including phenoxy) is 3. The van der Waals surface area contributed by atoms with Gasteiger partial charge >= 0.3 is 0 Å². The monoisotopic (exact) mass is 556 g/mol. The summed E-state index contributed by atoms with van der Waals surface area (Å²) in [6.45, 7) is 2.97. The molecule has 0 saturated carbocycles. The zero-order valence-electron chi connectivity index (χ0n) is 23.7. The molecule has 0 aliphatic carbocycles. The number of carbonyl (C=O) groups is 3. The average molecular weight is 557 g/mol. The standard InChI is InChI=1S/C23H32N2O7.C7H8O/c1-15(14-26)13-25-10-9-24-17(23(25)29)7-5-6-8-18(27)21(28)16-11-19(30-2)22(32-4)20(12-16)31-3;8-6-7-4-2-1-3-5-7/h9,11-12,15,17,26H,5-8,10,13-14H2,1-4H3;1-5,8H,6H2. The Balaban J connectivity index is 0.000000598. The molecule has 0 aromatic heterocycles. The van der Waals surface area contributed by atoms with E-state index >= 15 is 0 Å². The highest BCUT2D eigenvalue weighted by Gasteiger charge is 2.27. The van der Waals surface area contributed by atoms with Gasteiger partial charge in [-0.3, -0.25) is 19.4 Å². The minimum Gasteiger partial charge on any atom is -0.493 e. The Labute approximate surface area is 235 Å². The molecule has 2 aromatic rings. The SMILES string of the molecule is COc1cc(C(=O)C(=O)CCCCC2N=CCN(CC(C)CO)C2=O)cc(OC)c1OC.OCc1ccccc1. The molecular weight excluding hydrogens is 516 g/mol. The third-order valence-corrected chi connectivity index (χ3v) is 6.36. The zero-order valence-corrected chi connectivity index (χ0v) is 23.7. The fourth-order valence-electron chi connectivity index (χ4n) is 4.13. The summed E-state index contributed by atoms with van der Waals surface area (Å²) in [6, 6.07) is 12.0. The number of benzene rings is 2. The van der Waals surface area contributed by atoms with Gasteiger partial charge < -0.3 is 29.3 Å². The van der Waals surface area contributed by atoms with Crippen LogP contribution in [0.25, 0.3) is 0 Å². The van der Waals surface area contributed by atoms with Crippen LogP contribution in [0.4, 0.5) is 0 Å². The van der Waals surface area contributed by atoms with Crippen molar-refractivity contribution < 1.29 is 38.8 Å². The number of hydrogen-bond acceptors (Lipinski definition) is 9. The lowest BCUT2D eigenvalue weighted by Gasteiger charge is -2.29. The van der Waals surface area contributed by atoms with Crippen molar-refractivity contribution in [3.05, 3.63) is 53.6 Å². The molecule has 10 nitrogen and oxygen atoms in total.